The van der Waals surface area contributed by atoms with Gasteiger partial charge in [-0.1, -0.05) is 6.08 Å². The Kier molecular flexibility index (Phi) is 11.7. The second kappa shape index (κ2) is 15.2. The number of amides is 3. The molecule has 0 saturated carbocycles. The number of carbonyl (C=O) groups is 4. The largest absolute Gasteiger partial charge is 0.495 e. The number of halogens is 3. The van der Waals surface area contributed by atoms with Crippen LogP contribution in [0, 0.1) is 11.3 Å². The van der Waals surface area contributed by atoms with Gasteiger partial charge in [-0.15, -0.1) is 0 Å². The molecule has 0 aromatic heterocycles. The molecule has 1 heterocycles. The summed E-state index contributed by atoms with van der Waals surface area (Å²) in [5.41, 5.74) is 5.16. The molecule has 1 aliphatic heterocycles. The summed E-state index contributed by atoms with van der Waals surface area (Å²) in [4.78, 5) is 51.2. The third-order valence-corrected chi connectivity index (χ3v) is 6.84. The molecule has 1 aromatic carbocycles. The molecule has 44 heavy (non-hydrogen) atoms. The quantitative estimate of drug-likeness (QED) is 0.158. The molecule has 14 heteroatoms. The number of nitrogens with two attached hydrogens (primary N) is 1. The number of amidine groups is 1. The van der Waals surface area contributed by atoms with Crippen LogP contribution in [-0.2, 0) is 19.1 Å². The van der Waals surface area contributed by atoms with Gasteiger partial charge in [0.25, 0.3) is 11.8 Å². The molecule has 1 unspecified atom stereocenters. The van der Waals surface area contributed by atoms with Crippen LogP contribution in [0.3, 0.4) is 0 Å². The van der Waals surface area contributed by atoms with Gasteiger partial charge in [-0.3, -0.25) is 24.6 Å². The SMILES string of the molecule is CCOC(=O)C[C@H](COC1=CC(C(=N)N)=CCC1/C=C(/NC(C)=O)C(F)(F)F)NC(=O)c1ccc(C(=O)N2CCCC2)cc1. The summed E-state index contributed by atoms with van der Waals surface area (Å²) in [6.07, 6.45) is 0.235. The average Bonchev–Trinajstić information content (AvgIpc) is 3.50. The number of alkyl halides is 3. The van der Waals surface area contributed by atoms with Crippen molar-refractivity contribution in [1.82, 2.24) is 15.5 Å². The molecule has 11 nitrogen and oxygen atoms in total. The van der Waals surface area contributed by atoms with Crippen LogP contribution < -0.4 is 16.4 Å². The maximum absolute atomic E-state index is 13.6. The Morgan fingerprint density at radius 3 is 2.34 bits per heavy atom. The van der Waals surface area contributed by atoms with Crippen LogP contribution in [0.25, 0.3) is 0 Å². The molecule has 238 valence electrons. The van der Waals surface area contributed by atoms with Crippen molar-refractivity contribution >= 4 is 29.5 Å². The van der Waals surface area contributed by atoms with Gasteiger partial charge in [0.05, 0.1) is 19.1 Å². The van der Waals surface area contributed by atoms with E-state index in [2.05, 4.69) is 5.32 Å². The second-order valence-electron chi connectivity index (χ2n) is 10.3. The lowest BCUT2D eigenvalue weighted by Crippen LogP contribution is -2.40. The number of nitrogens with one attached hydrogen (secondary N) is 3. The zero-order valence-corrected chi connectivity index (χ0v) is 24.5. The van der Waals surface area contributed by atoms with Gasteiger partial charge in [-0.2, -0.15) is 13.2 Å². The number of esters is 1. The van der Waals surface area contributed by atoms with Crippen molar-refractivity contribution in [3.8, 4) is 0 Å². The average molecular weight is 620 g/mol. The van der Waals surface area contributed by atoms with Gasteiger partial charge >= 0.3 is 12.1 Å². The molecule has 1 aromatic rings. The number of hydrogen-bond donors (Lipinski definition) is 4. The lowest BCUT2D eigenvalue weighted by molar-refractivity contribution is -0.144. The normalized spacial score (nSPS) is 17.6. The van der Waals surface area contributed by atoms with Crippen molar-refractivity contribution in [2.24, 2.45) is 11.7 Å². The monoisotopic (exact) mass is 619 g/mol. The molecule has 1 saturated heterocycles. The Morgan fingerprint density at radius 1 is 1.14 bits per heavy atom. The number of carbonyl (C=O) groups excluding carboxylic acids is 4. The van der Waals surface area contributed by atoms with E-state index in [4.69, 9.17) is 20.6 Å². The zero-order chi connectivity index (χ0) is 32.4. The van der Waals surface area contributed by atoms with E-state index in [1.54, 1.807) is 29.3 Å². The summed E-state index contributed by atoms with van der Waals surface area (Å²) < 4.78 is 51.7. The fraction of sp³-hybridized carbons (Fsp3) is 0.433. The Balaban J connectivity index is 1.80. The highest BCUT2D eigenvalue weighted by Gasteiger charge is 2.36. The van der Waals surface area contributed by atoms with Crippen LogP contribution >= 0.6 is 0 Å². The van der Waals surface area contributed by atoms with Gasteiger partial charge < -0.3 is 30.7 Å². The number of nitrogens with zero attached hydrogens (tertiary/aromatic N) is 1. The van der Waals surface area contributed by atoms with E-state index in [1.807, 2.05) is 0 Å². The van der Waals surface area contributed by atoms with Crippen molar-refractivity contribution in [3.05, 3.63) is 70.6 Å². The van der Waals surface area contributed by atoms with Gasteiger partial charge in [-0.25, -0.2) is 0 Å². The van der Waals surface area contributed by atoms with Gasteiger partial charge in [0.15, 0.2) is 0 Å². The predicted molar refractivity (Wildman–Crippen MR) is 154 cm³/mol. The lowest BCUT2D eigenvalue weighted by atomic mass is 9.93. The molecule has 0 spiro atoms. The highest BCUT2D eigenvalue weighted by molar-refractivity contribution is 5.98. The molecule has 0 bridgehead atoms. The summed E-state index contributed by atoms with van der Waals surface area (Å²) in [5, 5.41) is 12.2. The van der Waals surface area contributed by atoms with Crippen LogP contribution in [0.1, 0.15) is 60.2 Å². The molecule has 3 amide bonds. The maximum Gasteiger partial charge on any atom is 0.431 e. The second-order valence-corrected chi connectivity index (χ2v) is 10.3. The first kappa shape index (κ1) is 33.9. The van der Waals surface area contributed by atoms with Crippen LogP contribution in [0.2, 0.25) is 0 Å². The predicted octanol–water partition coefficient (Wildman–Crippen LogP) is 3.34. The van der Waals surface area contributed by atoms with Crippen molar-refractivity contribution in [1.29, 1.82) is 5.41 Å². The van der Waals surface area contributed by atoms with E-state index in [9.17, 15) is 32.3 Å². The topological polar surface area (TPSA) is 164 Å². The van der Waals surface area contributed by atoms with Crippen molar-refractivity contribution in [3.63, 3.8) is 0 Å². The van der Waals surface area contributed by atoms with E-state index in [1.165, 1.54) is 24.3 Å². The van der Waals surface area contributed by atoms with E-state index in [-0.39, 0.29) is 54.7 Å². The molecule has 0 radical (unpaired) electrons. The molecule has 2 aliphatic rings. The number of likely N-dealkylation sites (tertiary alicyclic amines) is 1. The van der Waals surface area contributed by atoms with Crippen LogP contribution in [0.4, 0.5) is 13.2 Å². The molecular formula is C30H36F3N5O6. The van der Waals surface area contributed by atoms with Gasteiger partial charge in [0, 0.05) is 42.6 Å². The number of hydrogen-bond acceptors (Lipinski definition) is 7. The number of benzene rings is 1. The summed E-state index contributed by atoms with van der Waals surface area (Å²) in [7, 11) is 0. The fourth-order valence-corrected chi connectivity index (χ4v) is 4.68. The number of allylic oxidation sites excluding steroid dienone is 3. The minimum absolute atomic E-state index is 0.0160. The fourth-order valence-electron chi connectivity index (χ4n) is 4.68. The Bertz CT molecular complexity index is 1350. The van der Waals surface area contributed by atoms with E-state index in [0.717, 1.165) is 25.8 Å². The Morgan fingerprint density at radius 2 is 1.77 bits per heavy atom. The van der Waals surface area contributed by atoms with Gasteiger partial charge in [-0.05, 0) is 62.6 Å². The summed E-state index contributed by atoms with van der Waals surface area (Å²) >= 11 is 0. The highest BCUT2D eigenvalue weighted by atomic mass is 19.4. The number of rotatable bonds is 12. The minimum atomic E-state index is -4.86. The molecule has 5 N–H and O–H groups in total. The first-order chi connectivity index (χ1) is 20.8. The standard InChI is InChI=1S/C30H36F3N5O6/c1-3-43-26(40)16-23(37-28(41)19-6-8-20(9-7-19)29(42)38-12-4-5-13-38)17-44-24-14-22(27(34)35)11-10-21(24)15-25(30(31,32)33)36-18(2)39/h6-9,11,14-15,21,23H,3-5,10,12-13,16-17H2,1-2H3,(H3,34,35)(H,36,39)(H,37,41)/b25-15+/t21?,23-/m1/s1. The molecule has 3 rings (SSSR count). The lowest BCUT2D eigenvalue weighted by Gasteiger charge is -2.26. The van der Waals surface area contributed by atoms with Crippen LogP contribution in [0.15, 0.2) is 59.5 Å². The maximum atomic E-state index is 13.6. The third-order valence-electron chi connectivity index (χ3n) is 6.84. The van der Waals surface area contributed by atoms with Gasteiger partial charge in [0.1, 0.15) is 23.9 Å². The summed E-state index contributed by atoms with van der Waals surface area (Å²) in [6.45, 7) is 3.65. The highest BCUT2D eigenvalue weighted by Crippen LogP contribution is 2.31. The summed E-state index contributed by atoms with van der Waals surface area (Å²) in [5.74, 6) is -3.63. The van der Waals surface area contributed by atoms with Crippen molar-refractivity contribution < 1.29 is 41.8 Å². The number of ether oxygens (including phenoxy) is 2. The van der Waals surface area contributed by atoms with Crippen molar-refractivity contribution in [2.45, 2.75) is 51.7 Å². The van der Waals surface area contributed by atoms with Gasteiger partial charge in [0.2, 0.25) is 5.91 Å². The zero-order valence-electron chi connectivity index (χ0n) is 24.5. The Labute approximate surface area is 252 Å². The van der Waals surface area contributed by atoms with E-state index in [0.29, 0.717) is 18.7 Å². The summed E-state index contributed by atoms with van der Waals surface area (Å²) in [6, 6.07) is 5.08. The first-order valence-electron chi connectivity index (χ1n) is 14.1. The molecular weight excluding hydrogens is 583 g/mol. The molecule has 1 aliphatic carbocycles. The van der Waals surface area contributed by atoms with Crippen LogP contribution in [-0.4, -0.2) is 72.9 Å². The first-order valence-corrected chi connectivity index (χ1v) is 14.1. The van der Waals surface area contributed by atoms with E-state index >= 15 is 0 Å². The van der Waals surface area contributed by atoms with E-state index < -0.39 is 41.6 Å². The molecule has 2 atom stereocenters. The smallest absolute Gasteiger partial charge is 0.431 e. The van der Waals surface area contributed by atoms with Crippen LogP contribution in [0.5, 0.6) is 0 Å². The minimum Gasteiger partial charge on any atom is -0.495 e. The third kappa shape index (κ3) is 9.71. The van der Waals surface area contributed by atoms with Crippen molar-refractivity contribution in [2.75, 3.05) is 26.3 Å². The molecule has 1 fully saturated rings. The Hall–Kier alpha value is -4.62.